The van der Waals surface area contributed by atoms with Crippen LogP contribution in [0.5, 0.6) is 0 Å². The Morgan fingerprint density at radius 1 is 1.61 bits per heavy atom. The summed E-state index contributed by atoms with van der Waals surface area (Å²) in [6.45, 7) is 2.23. The summed E-state index contributed by atoms with van der Waals surface area (Å²) in [6, 6.07) is 1.03. The number of rotatable bonds is 6. The number of aromatic nitrogens is 1. The van der Waals surface area contributed by atoms with Crippen LogP contribution in [0.2, 0.25) is 5.02 Å². The van der Waals surface area contributed by atoms with Crippen LogP contribution < -0.4 is 10.5 Å². The molecule has 1 aromatic heterocycles. The van der Waals surface area contributed by atoms with Gasteiger partial charge in [0.2, 0.25) is 10.0 Å². The van der Waals surface area contributed by atoms with Crippen molar-refractivity contribution in [3.63, 3.8) is 0 Å². The van der Waals surface area contributed by atoms with Gasteiger partial charge in [-0.1, -0.05) is 11.6 Å². The summed E-state index contributed by atoms with van der Waals surface area (Å²) in [6.07, 6.45) is 1.75. The Kier molecular flexibility index (Phi) is 5.33. The Bertz CT molecular complexity index is 507. The first kappa shape index (κ1) is 15.2. The van der Waals surface area contributed by atoms with E-state index in [1.165, 1.54) is 12.3 Å². The highest BCUT2D eigenvalue weighted by Gasteiger charge is 2.18. The molecule has 0 amide bonds. The maximum absolute atomic E-state index is 12.0. The van der Waals surface area contributed by atoms with Crippen LogP contribution in [0.1, 0.15) is 13.3 Å². The molecule has 1 atom stereocenters. The average molecular weight is 294 g/mol. The Balaban J connectivity index is 2.83. The Morgan fingerprint density at radius 2 is 2.28 bits per heavy atom. The molecule has 0 aliphatic carbocycles. The SMILES string of the molecule is COCCC(C)NS(=O)(=O)c1cnc(N)c(Cl)c1. The van der Waals surface area contributed by atoms with Crippen LogP contribution in [0.4, 0.5) is 5.82 Å². The van der Waals surface area contributed by atoms with Crippen molar-refractivity contribution in [3.05, 3.63) is 17.3 Å². The lowest BCUT2D eigenvalue weighted by molar-refractivity contribution is 0.188. The molecule has 0 aliphatic rings. The molecule has 18 heavy (non-hydrogen) atoms. The number of pyridine rings is 1. The predicted octanol–water partition coefficient (Wildman–Crippen LogP) is 1.02. The van der Waals surface area contributed by atoms with E-state index in [0.717, 1.165) is 0 Å². The zero-order chi connectivity index (χ0) is 13.8. The molecular weight excluding hydrogens is 278 g/mol. The lowest BCUT2D eigenvalue weighted by Gasteiger charge is -2.13. The largest absolute Gasteiger partial charge is 0.385 e. The highest BCUT2D eigenvalue weighted by Crippen LogP contribution is 2.19. The quantitative estimate of drug-likeness (QED) is 0.816. The molecule has 0 fully saturated rings. The second kappa shape index (κ2) is 6.33. The van der Waals surface area contributed by atoms with E-state index < -0.39 is 10.0 Å². The topological polar surface area (TPSA) is 94.3 Å². The molecular formula is C10H16ClN3O3S. The van der Waals surface area contributed by atoms with Gasteiger partial charge >= 0.3 is 0 Å². The van der Waals surface area contributed by atoms with Crippen LogP contribution in [-0.4, -0.2) is 33.2 Å². The van der Waals surface area contributed by atoms with E-state index in [9.17, 15) is 8.42 Å². The molecule has 1 aromatic rings. The minimum absolute atomic E-state index is 0.00836. The number of nitrogens with two attached hydrogens (primary N) is 1. The summed E-state index contributed by atoms with van der Waals surface area (Å²) >= 11 is 5.74. The summed E-state index contributed by atoms with van der Waals surface area (Å²) in [5.74, 6) is 0.100. The standard InChI is InChI=1S/C10H16ClN3O3S/c1-7(3-4-17-2)14-18(15,16)8-5-9(11)10(12)13-6-8/h5-7,14H,3-4H2,1-2H3,(H2,12,13). The average Bonchev–Trinajstić information content (AvgIpc) is 2.29. The predicted molar refractivity (Wildman–Crippen MR) is 69.9 cm³/mol. The third-order valence-electron chi connectivity index (χ3n) is 2.27. The van der Waals surface area contributed by atoms with E-state index in [-0.39, 0.29) is 21.8 Å². The molecule has 0 radical (unpaired) electrons. The van der Waals surface area contributed by atoms with Crippen molar-refractivity contribution in [1.82, 2.24) is 9.71 Å². The number of nitrogens with one attached hydrogen (secondary N) is 1. The van der Waals surface area contributed by atoms with Gasteiger partial charge in [-0.25, -0.2) is 18.1 Å². The number of nitrogen functional groups attached to an aromatic ring is 1. The summed E-state index contributed by atoms with van der Waals surface area (Å²) in [4.78, 5) is 3.71. The van der Waals surface area contributed by atoms with Gasteiger partial charge in [-0.05, 0) is 19.4 Å². The van der Waals surface area contributed by atoms with E-state index in [0.29, 0.717) is 13.0 Å². The van der Waals surface area contributed by atoms with Gasteiger partial charge in [0.1, 0.15) is 10.7 Å². The molecule has 0 saturated carbocycles. The van der Waals surface area contributed by atoms with E-state index in [1.807, 2.05) is 0 Å². The maximum Gasteiger partial charge on any atom is 0.242 e. The fraction of sp³-hybridized carbons (Fsp3) is 0.500. The first-order valence-electron chi connectivity index (χ1n) is 5.29. The molecule has 102 valence electrons. The van der Waals surface area contributed by atoms with E-state index >= 15 is 0 Å². The van der Waals surface area contributed by atoms with Crippen LogP contribution >= 0.6 is 11.6 Å². The van der Waals surface area contributed by atoms with Crippen LogP contribution in [-0.2, 0) is 14.8 Å². The van der Waals surface area contributed by atoms with Gasteiger partial charge in [0.05, 0.1) is 5.02 Å². The third-order valence-corrected chi connectivity index (χ3v) is 4.13. The number of hydrogen-bond donors (Lipinski definition) is 2. The van der Waals surface area contributed by atoms with Crippen molar-refractivity contribution in [2.75, 3.05) is 19.5 Å². The van der Waals surface area contributed by atoms with Crippen LogP contribution in [0.25, 0.3) is 0 Å². The number of nitrogens with zero attached hydrogens (tertiary/aromatic N) is 1. The Hall–Kier alpha value is -0.890. The normalized spacial score (nSPS) is 13.5. The summed E-state index contributed by atoms with van der Waals surface area (Å²) in [5.41, 5.74) is 5.42. The number of ether oxygens (including phenoxy) is 1. The molecule has 1 heterocycles. The fourth-order valence-electron chi connectivity index (χ4n) is 1.26. The third kappa shape index (κ3) is 4.09. The molecule has 0 aromatic carbocycles. The highest BCUT2D eigenvalue weighted by molar-refractivity contribution is 7.89. The first-order valence-corrected chi connectivity index (χ1v) is 7.15. The minimum Gasteiger partial charge on any atom is -0.385 e. The molecule has 0 aliphatic heterocycles. The molecule has 0 saturated heterocycles. The number of methoxy groups -OCH3 is 1. The molecule has 6 nitrogen and oxygen atoms in total. The lowest BCUT2D eigenvalue weighted by Crippen LogP contribution is -2.33. The Morgan fingerprint density at radius 3 is 2.83 bits per heavy atom. The minimum atomic E-state index is -3.64. The molecule has 3 N–H and O–H groups in total. The maximum atomic E-state index is 12.0. The van der Waals surface area contributed by atoms with Crippen LogP contribution in [0.15, 0.2) is 17.2 Å². The molecule has 1 rings (SSSR count). The van der Waals surface area contributed by atoms with Crippen LogP contribution in [0.3, 0.4) is 0 Å². The monoisotopic (exact) mass is 293 g/mol. The number of anilines is 1. The molecule has 8 heteroatoms. The van der Waals surface area contributed by atoms with E-state index in [1.54, 1.807) is 14.0 Å². The zero-order valence-corrected chi connectivity index (χ0v) is 11.8. The van der Waals surface area contributed by atoms with Crippen LogP contribution in [0, 0.1) is 0 Å². The van der Waals surface area contributed by atoms with Gasteiger partial charge in [0.15, 0.2) is 0 Å². The van der Waals surface area contributed by atoms with Crippen molar-refractivity contribution in [1.29, 1.82) is 0 Å². The number of hydrogen-bond acceptors (Lipinski definition) is 5. The van der Waals surface area contributed by atoms with Crippen molar-refractivity contribution in [2.45, 2.75) is 24.3 Å². The lowest BCUT2D eigenvalue weighted by atomic mass is 10.3. The first-order chi connectivity index (χ1) is 8.36. The van der Waals surface area contributed by atoms with Gasteiger partial charge in [0.25, 0.3) is 0 Å². The van der Waals surface area contributed by atoms with Gasteiger partial charge < -0.3 is 10.5 Å². The van der Waals surface area contributed by atoms with Gasteiger partial charge in [-0.3, -0.25) is 0 Å². The fourth-order valence-corrected chi connectivity index (χ4v) is 2.74. The van der Waals surface area contributed by atoms with Gasteiger partial charge in [0, 0.05) is 26.0 Å². The van der Waals surface area contributed by atoms with E-state index in [2.05, 4.69) is 9.71 Å². The molecule has 0 spiro atoms. The second-order valence-electron chi connectivity index (χ2n) is 3.84. The molecule has 0 bridgehead atoms. The van der Waals surface area contributed by atoms with Crippen molar-refractivity contribution in [3.8, 4) is 0 Å². The highest BCUT2D eigenvalue weighted by atomic mass is 35.5. The zero-order valence-electron chi connectivity index (χ0n) is 10.2. The summed E-state index contributed by atoms with van der Waals surface area (Å²) in [7, 11) is -2.08. The van der Waals surface area contributed by atoms with Gasteiger partial charge in [-0.2, -0.15) is 0 Å². The van der Waals surface area contributed by atoms with Crippen molar-refractivity contribution >= 4 is 27.4 Å². The second-order valence-corrected chi connectivity index (χ2v) is 5.96. The smallest absolute Gasteiger partial charge is 0.242 e. The van der Waals surface area contributed by atoms with Crippen molar-refractivity contribution < 1.29 is 13.2 Å². The number of halogens is 1. The summed E-state index contributed by atoms with van der Waals surface area (Å²) < 4.78 is 31.3. The number of sulfonamides is 1. The summed E-state index contributed by atoms with van der Waals surface area (Å²) in [5, 5.41) is 0.113. The molecule has 1 unspecified atom stereocenters. The van der Waals surface area contributed by atoms with Gasteiger partial charge in [-0.15, -0.1) is 0 Å². The van der Waals surface area contributed by atoms with E-state index in [4.69, 9.17) is 22.1 Å². The van der Waals surface area contributed by atoms with Crippen molar-refractivity contribution in [2.24, 2.45) is 0 Å². The Labute approximate surface area is 112 Å².